The Morgan fingerprint density at radius 3 is 2.52 bits per heavy atom. The minimum absolute atomic E-state index is 0.119. The van der Waals surface area contributed by atoms with Crippen LogP contribution in [-0.4, -0.2) is 21.9 Å². The second-order valence-electron chi connectivity index (χ2n) is 3.85. The summed E-state index contributed by atoms with van der Waals surface area (Å²) in [5.41, 5.74) is -0.640. The normalized spacial score (nSPS) is 10.1. The van der Waals surface area contributed by atoms with Gasteiger partial charge in [0.1, 0.15) is 0 Å². The first kappa shape index (κ1) is 15.1. The molecule has 1 aromatic carbocycles. The largest absolute Gasteiger partial charge is 0.478 e. The highest BCUT2D eigenvalue weighted by atomic mass is 79.9. The number of carboxylic acids is 1. The van der Waals surface area contributed by atoms with E-state index in [0.717, 1.165) is 33.3 Å². The van der Waals surface area contributed by atoms with Crippen LogP contribution in [0.15, 0.2) is 34.1 Å². The van der Waals surface area contributed by atoms with Crippen LogP contribution < -0.4 is 5.32 Å². The van der Waals surface area contributed by atoms with E-state index < -0.39 is 16.8 Å². The van der Waals surface area contributed by atoms with Gasteiger partial charge in [-0.15, -0.1) is 11.3 Å². The van der Waals surface area contributed by atoms with E-state index in [1.165, 1.54) is 0 Å². The highest BCUT2D eigenvalue weighted by molar-refractivity contribution is 9.11. The number of nitrogens with one attached hydrogen (secondary N) is 1. The van der Waals surface area contributed by atoms with E-state index in [1.807, 2.05) is 0 Å². The molecule has 0 saturated heterocycles. The number of nitro benzene ring substituents is 1. The van der Waals surface area contributed by atoms with Crippen molar-refractivity contribution in [1.29, 1.82) is 0 Å². The summed E-state index contributed by atoms with van der Waals surface area (Å²) in [5, 5.41) is 22.2. The maximum absolute atomic E-state index is 12.0. The van der Waals surface area contributed by atoms with Crippen molar-refractivity contribution in [2.45, 2.75) is 0 Å². The number of anilines is 1. The van der Waals surface area contributed by atoms with Crippen LogP contribution in [-0.2, 0) is 0 Å². The summed E-state index contributed by atoms with van der Waals surface area (Å²) in [7, 11) is 0. The van der Waals surface area contributed by atoms with Crippen LogP contribution in [0.3, 0.4) is 0 Å². The number of hydrogen-bond acceptors (Lipinski definition) is 5. The number of halogens is 1. The zero-order chi connectivity index (χ0) is 15.6. The van der Waals surface area contributed by atoms with Crippen LogP contribution in [0.5, 0.6) is 0 Å². The summed E-state index contributed by atoms with van der Waals surface area (Å²) in [5.74, 6) is -1.82. The molecule has 9 heteroatoms. The molecule has 0 aliphatic rings. The van der Waals surface area contributed by atoms with Crippen LogP contribution in [0.4, 0.5) is 11.4 Å². The predicted molar refractivity (Wildman–Crippen MR) is 80.0 cm³/mol. The molecule has 0 atom stereocenters. The molecule has 0 aliphatic heterocycles. The highest BCUT2D eigenvalue weighted by Crippen LogP contribution is 2.26. The van der Waals surface area contributed by atoms with Crippen LogP contribution in [0, 0.1) is 10.1 Å². The van der Waals surface area contributed by atoms with Crippen LogP contribution in [0.25, 0.3) is 0 Å². The molecular formula is C12H7BrN2O5S. The third-order valence-electron chi connectivity index (χ3n) is 2.49. The number of hydrogen-bond donors (Lipinski definition) is 2. The van der Waals surface area contributed by atoms with Crippen LogP contribution in [0.1, 0.15) is 20.0 Å². The molecule has 0 bridgehead atoms. The summed E-state index contributed by atoms with van der Waals surface area (Å²) in [6.45, 7) is 0. The summed E-state index contributed by atoms with van der Waals surface area (Å²) >= 11 is 4.37. The van der Waals surface area contributed by atoms with Crippen LogP contribution >= 0.6 is 27.3 Å². The maximum Gasteiger partial charge on any atom is 0.337 e. The minimum Gasteiger partial charge on any atom is -0.478 e. The summed E-state index contributed by atoms with van der Waals surface area (Å²) in [6, 6.07) is 6.40. The first-order valence-corrected chi connectivity index (χ1v) is 7.08. The average molecular weight is 371 g/mol. The van der Waals surface area contributed by atoms with Crippen molar-refractivity contribution in [3.05, 3.63) is 54.7 Å². The van der Waals surface area contributed by atoms with Crippen molar-refractivity contribution in [2.24, 2.45) is 0 Å². The molecule has 0 aliphatic carbocycles. The Morgan fingerprint density at radius 1 is 1.29 bits per heavy atom. The lowest BCUT2D eigenvalue weighted by atomic mass is 10.1. The van der Waals surface area contributed by atoms with Gasteiger partial charge in [0, 0.05) is 12.1 Å². The van der Waals surface area contributed by atoms with Gasteiger partial charge in [-0.05, 0) is 34.1 Å². The van der Waals surface area contributed by atoms with E-state index in [1.54, 1.807) is 12.1 Å². The van der Waals surface area contributed by atoms with Gasteiger partial charge in [0.15, 0.2) is 0 Å². The number of thiophene rings is 1. The molecule has 0 saturated carbocycles. The number of nitro groups is 1. The number of carbonyl (C=O) groups excluding carboxylic acids is 1. The van der Waals surface area contributed by atoms with Gasteiger partial charge in [-0.3, -0.25) is 14.9 Å². The highest BCUT2D eigenvalue weighted by Gasteiger charge is 2.18. The van der Waals surface area contributed by atoms with E-state index >= 15 is 0 Å². The molecule has 0 spiro atoms. The van der Waals surface area contributed by atoms with E-state index in [0.29, 0.717) is 4.88 Å². The van der Waals surface area contributed by atoms with E-state index in [9.17, 15) is 19.7 Å². The predicted octanol–water partition coefficient (Wildman–Crippen LogP) is 3.37. The van der Waals surface area contributed by atoms with Gasteiger partial charge in [-0.2, -0.15) is 0 Å². The third kappa shape index (κ3) is 3.44. The quantitative estimate of drug-likeness (QED) is 0.633. The molecule has 2 aromatic rings. The lowest BCUT2D eigenvalue weighted by Gasteiger charge is -2.07. The molecule has 1 amide bonds. The Morgan fingerprint density at radius 2 is 2.00 bits per heavy atom. The van der Waals surface area contributed by atoms with Crippen molar-refractivity contribution in [1.82, 2.24) is 0 Å². The molecule has 0 fully saturated rings. The fourth-order valence-corrected chi connectivity index (χ4v) is 2.84. The van der Waals surface area contributed by atoms with Gasteiger partial charge in [-0.25, -0.2) is 4.79 Å². The fraction of sp³-hybridized carbons (Fsp3) is 0. The summed E-state index contributed by atoms with van der Waals surface area (Å²) in [6.07, 6.45) is 0. The molecule has 108 valence electrons. The molecule has 2 rings (SSSR count). The number of aromatic carboxylic acids is 1. The number of non-ortho nitro benzene ring substituents is 1. The average Bonchev–Trinajstić information content (AvgIpc) is 2.85. The summed E-state index contributed by atoms with van der Waals surface area (Å²) in [4.78, 5) is 33.5. The number of carboxylic acid groups (broad SMARTS) is 1. The minimum atomic E-state index is -1.28. The standard InChI is InChI=1S/C12H7BrN2O5S/c13-10-4-3-9(21-10)11(16)14-8-5-6(15(19)20)1-2-7(8)12(17)18/h1-5H,(H,14,16)(H,17,18). The van der Waals surface area contributed by atoms with Crippen LogP contribution in [0.2, 0.25) is 0 Å². The number of amides is 1. The molecular weight excluding hydrogens is 364 g/mol. The molecule has 0 radical (unpaired) electrons. The zero-order valence-electron chi connectivity index (χ0n) is 10.2. The number of carbonyl (C=O) groups is 2. The van der Waals surface area contributed by atoms with E-state index in [-0.39, 0.29) is 16.9 Å². The fourth-order valence-electron chi connectivity index (χ4n) is 1.56. The Bertz CT molecular complexity index is 743. The SMILES string of the molecule is O=C(Nc1cc([N+](=O)[O-])ccc1C(=O)O)c1ccc(Br)s1. The van der Waals surface area contributed by atoms with Gasteiger partial charge in [-0.1, -0.05) is 0 Å². The van der Waals surface area contributed by atoms with Crippen molar-refractivity contribution < 1.29 is 19.6 Å². The number of rotatable bonds is 4. The molecule has 21 heavy (non-hydrogen) atoms. The second-order valence-corrected chi connectivity index (χ2v) is 6.31. The molecule has 2 N–H and O–H groups in total. The number of nitrogens with zero attached hydrogens (tertiary/aromatic N) is 1. The Balaban J connectivity index is 2.37. The Labute approximate surface area is 130 Å². The molecule has 0 unspecified atom stereocenters. The zero-order valence-corrected chi connectivity index (χ0v) is 12.6. The second kappa shape index (κ2) is 6.02. The smallest absolute Gasteiger partial charge is 0.337 e. The van der Waals surface area contributed by atoms with E-state index in [4.69, 9.17) is 5.11 Å². The topological polar surface area (TPSA) is 110 Å². The number of benzene rings is 1. The third-order valence-corrected chi connectivity index (χ3v) is 4.11. The molecule has 7 nitrogen and oxygen atoms in total. The monoisotopic (exact) mass is 370 g/mol. The van der Waals surface area contributed by atoms with Gasteiger partial charge < -0.3 is 10.4 Å². The van der Waals surface area contributed by atoms with Gasteiger partial charge in [0.25, 0.3) is 11.6 Å². The molecule has 1 aromatic heterocycles. The first-order chi connectivity index (χ1) is 9.88. The van der Waals surface area contributed by atoms with E-state index in [2.05, 4.69) is 21.2 Å². The van der Waals surface area contributed by atoms with Gasteiger partial charge in [0.05, 0.1) is 24.8 Å². The van der Waals surface area contributed by atoms with Gasteiger partial charge >= 0.3 is 5.97 Å². The Hall–Kier alpha value is -2.26. The Kier molecular flexibility index (Phi) is 4.34. The van der Waals surface area contributed by atoms with Crippen molar-refractivity contribution in [3.63, 3.8) is 0 Å². The lowest BCUT2D eigenvalue weighted by Crippen LogP contribution is -2.14. The first-order valence-electron chi connectivity index (χ1n) is 5.47. The van der Waals surface area contributed by atoms with Crippen molar-refractivity contribution in [3.8, 4) is 0 Å². The maximum atomic E-state index is 12.0. The van der Waals surface area contributed by atoms with Gasteiger partial charge in [0.2, 0.25) is 0 Å². The lowest BCUT2D eigenvalue weighted by molar-refractivity contribution is -0.384. The van der Waals surface area contributed by atoms with Crippen molar-refractivity contribution >= 4 is 50.5 Å². The molecule has 1 heterocycles. The van der Waals surface area contributed by atoms with Crippen molar-refractivity contribution in [2.75, 3.05) is 5.32 Å². The summed E-state index contributed by atoms with van der Waals surface area (Å²) < 4.78 is 0.741.